The summed E-state index contributed by atoms with van der Waals surface area (Å²) >= 11 is 0. The second-order valence-electron chi connectivity index (χ2n) is 4.35. The normalized spacial score (nSPS) is 10.8. The van der Waals surface area contributed by atoms with Gasteiger partial charge >= 0.3 is 0 Å². The Balaban J connectivity index is 2.40. The number of hydrogen-bond donors (Lipinski definition) is 1. The summed E-state index contributed by atoms with van der Waals surface area (Å²) in [5.41, 5.74) is 0.988. The quantitative estimate of drug-likeness (QED) is 0.770. The fourth-order valence-corrected chi connectivity index (χ4v) is 1.31. The molecule has 1 aromatic heterocycles. The minimum atomic E-state index is 0.571. The van der Waals surface area contributed by atoms with Gasteiger partial charge < -0.3 is 10.1 Å². The lowest BCUT2D eigenvalue weighted by molar-refractivity contribution is 0.0949. The van der Waals surface area contributed by atoms with Crippen LogP contribution in [0.4, 0.5) is 5.82 Å². The molecule has 0 amide bonds. The van der Waals surface area contributed by atoms with E-state index in [1.165, 1.54) is 0 Å². The van der Waals surface area contributed by atoms with Gasteiger partial charge in [-0.1, -0.05) is 26.8 Å². The molecule has 1 aromatic rings. The fraction of sp³-hybridized carbons (Fsp3) is 0.615. The minimum absolute atomic E-state index is 0.571. The highest BCUT2D eigenvalue weighted by molar-refractivity contribution is 5.34. The van der Waals surface area contributed by atoms with Crippen LogP contribution in [0.25, 0.3) is 0 Å². The molecule has 0 bridgehead atoms. The predicted molar refractivity (Wildman–Crippen MR) is 67.5 cm³/mol. The summed E-state index contributed by atoms with van der Waals surface area (Å²) < 4.78 is 5.55. The van der Waals surface area contributed by atoms with Crippen molar-refractivity contribution in [2.45, 2.75) is 33.8 Å². The Hall–Kier alpha value is -1.09. The van der Waals surface area contributed by atoms with Gasteiger partial charge in [-0.15, -0.1) is 0 Å². The lowest BCUT2D eigenvalue weighted by atomic mass is 10.2. The molecule has 90 valence electrons. The molecule has 1 N–H and O–H groups in total. The van der Waals surface area contributed by atoms with E-state index in [2.05, 4.69) is 31.1 Å². The summed E-state index contributed by atoms with van der Waals surface area (Å²) in [6, 6.07) is 6.00. The molecule has 0 spiro atoms. The van der Waals surface area contributed by atoms with E-state index in [1.807, 2.05) is 18.2 Å². The fourth-order valence-electron chi connectivity index (χ4n) is 1.31. The molecule has 0 aromatic carbocycles. The lowest BCUT2D eigenvalue weighted by Crippen LogP contribution is -2.06. The Morgan fingerprint density at radius 2 is 2.19 bits per heavy atom. The smallest absolute Gasteiger partial charge is 0.126 e. The van der Waals surface area contributed by atoms with Gasteiger partial charge in [0.2, 0.25) is 0 Å². The molecule has 0 aliphatic heterocycles. The first-order chi connectivity index (χ1) is 7.72. The van der Waals surface area contributed by atoms with Crippen LogP contribution in [0.5, 0.6) is 0 Å². The van der Waals surface area contributed by atoms with E-state index in [0.29, 0.717) is 12.5 Å². The molecule has 0 fully saturated rings. The van der Waals surface area contributed by atoms with Gasteiger partial charge in [-0.05, 0) is 24.5 Å². The van der Waals surface area contributed by atoms with Crippen molar-refractivity contribution in [3.8, 4) is 0 Å². The van der Waals surface area contributed by atoms with Crippen molar-refractivity contribution in [2.75, 3.05) is 18.5 Å². The minimum Gasteiger partial charge on any atom is -0.375 e. The van der Waals surface area contributed by atoms with Crippen molar-refractivity contribution in [1.82, 2.24) is 4.98 Å². The maximum absolute atomic E-state index is 5.55. The van der Waals surface area contributed by atoms with Crippen LogP contribution in [-0.4, -0.2) is 18.1 Å². The molecule has 0 saturated carbocycles. The topological polar surface area (TPSA) is 34.1 Å². The van der Waals surface area contributed by atoms with E-state index in [-0.39, 0.29) is 0 Å². The van der Waals surface area contributed by atoms with E-state index < -0.39 is 0 Å². The highest BCUT2D eigenvalue weighted by Gasteiger charge is 1.99. The molecule has 0 aliphatic carbocycles. The van der Waals surface area contributed by atoms with E-state index in [0.717, 1.165) is 31.1 Å². The van der Waals surface area contributed by atoms with Gasteiger partial charge in [0.05, 0.1) is 12.3 Å². The highest BCUT2D eigenvalue weighted by atomic mass is 16.5. The Labute approximate surface area is 98.2 Å². The number of hydrogen-bond acceptors (Lipinski definition) is 3. The number of anilines is 1. The van der Waals surface area contributed by atoms with Crippen LogP contribution in [0, 0.1) is 5.92 Å². The molecule has 0 atom stereocenters. The zero-order valence-electron chi connectivity index (χ0n) is 10.5. The van der Waals surface area contributed by atoms with Crippen molar-refractivity contribution in [1.29, 1.82) is 0 Å². The van der Waals surface area contributed by atoms with Crippen molar-refractivity contribution >= 4 is 5.82 Å². The van der Waals surface area contributed by atoms with Crippen molar-refractivity contribution in [3.63, 3.8) is 0 Å². The molecular formula is C13H22N2O. The lowest BCUT2D eigenvalue weighted by Gasteiger charge is -2.08. The number of nitrogens with one attached hydrogen (secondary N) is 1. The van der Waals surface area contributed by atoms with Crippen molar-refractivity contribution in [3.05, 3.63) is 23.9 Å². The van der Waals surface area contributed by atoms with Crippen LogP contribution >= 0.6 is 0 Å². The maximum Gasteiger partial charge on any atom is 0.126 e. The summed E-state index contributed by atoms with van der Waals surface area (Å²) in [6.45, 7) is 8.78. The Morgan fingerprint density at radius 1 is 1.38 bits per heavy atom. The first-order valence-electron chi connectivity index (χ1n) is 6.00. The summed E-state index contributed by atoms with van der Waals surface area (Å²) in [5, 5.41) is 3.27. The molecule has 3 heteroatoms. The molecule has 0 radical (unpaired) electrons. The van der Waals surface area contributed by atoms with Crippen LogP contribution in [-0.2, 0) is 11.3 Å². The first kappa shape index (κ1) is 13.0. The monoisotopic (exact) mass is 222 g/mol. The van der Waals surface area contributed by atoms with Crippen molar-refractivity contribution in [2.24, 2.45) is 5.92 Å². The second kappa shape index (κ2) is 7.23. The molecule has 0 unspecified atom stereocenters. The molecule has 1 heterocycles. The van der Waals surface area contributed by atoms with Crippen LogP contribution in [0.15, 0.2) is 18.2 Å². The van der Waals surface area contributed by atoms with Gasteiger partial charge in [0, 0.05) is 13.2 Å². The summed E-state index contributed by atoms with van der Waals surface area (Å²) in [6.07, 6.45) is 1.11. The van der Waals surface area contributed by atoms with Crippen molar-refractivity contribution < 1.29 is 4.74 Å². The van der Waals surface area contributed by atoms with E-state index >= 15 is 0 Å². The first-order valence-corrected chi connectivity index (χ1v) is 6.00. The SMILES string of the molecule is CCCNc1cccc(COCC(C)C)n1. The molecule has 16 heavy (non-hydrogen) atoms. The Morgan fingerprint density at radius 3 is 2.88 bits per heavy atom. The number of ether oxygens (including phenoxy) is 1. The largest absolute Gasteiger partial charge is 0.375 e. The van der Waals surface area contributed by atoms with Crippen LogP contribution < -0.4 is 5.32 Å². The molecule has 3 nitrogen and oxygen atoms in total. The number of aromatic nitrogens is 1. The van der Waals surface area contributed by atoms with Gasteiger partial charge in [0.15, 0.2) is 0 Å². The second-order valence-corrected chi connectivity index (χ2v) is 4.35. The third kappa shape index (κ3) is 5.12. The van der Waals surface area contributed by atoms with Crippen LogP contribution in [0.2, 0.25) is 0 Å². The van der Waals surface area contributed by atoms with Crippen LogP contribution in [0.1, 0.15) is 32.9 Å². The van der Waals surface area contributed by atoms with Gasteiger partial charge in [0.1, 0.15) is 5.82 Å². The number of nitrogens with zero attached hydrogens (tertiary/aromatic N) is 1. The van der Waals surface area contributed by atoms with Gasteiger partial charge in [-0.2, -0.15) is 0 Å². The van der Waals surface area contributed by atoms with Gasteiger partial charge in [-0.3, -0.25) is 0 Å². The molecule has 1 rings (SSSR count). The van der Waals surface area contributed by atoms with Crippen LogP contribution in [0.3, 0.4) is 0 Å². The average Bonchev–Trinajstić information content (AvgIpc) is 2.26. The van der Waals surface area contributed by atoms with E-state index in [1.54, 1.807) is 0 Å². The number of rotatable bonds is 7. The average molecular weight is 222 g/mol. The Bertz CT molecular complexity index is 300. The zero-order valence-corrected chi connectivity index (χ0v) is 10.5. The van der Waals surface area contributed by atoms with Gasteiger partial charge in [0.25, 0.3) is 0 Å². The predicted octanol–water partition coefficient (Wildman–Crippen LogP) is 3.08. The summed E-state index contributed by atoms with van der Waals surface area (Å²) in [5.74, 6) is 1.51. The molecular weight excluding hydrogens is 200 g/mol. The van der Waals surface area contributed by atoms with Gasteiger partial charge in [-0.25, -0.2) is 4.98 Å². The summed E-state index contributed by atoms with van der Waals surface area (Å²) in [4.78, 5) is 4.47. The Kier molecular flexibility index (Phi) is 5.86. The standard InChI is InChI=1S/C13H22N2O/c1-4-8-14-13-7-5-6-12(15-13)10-16-9-11(2)3/h5-7,11H,4,8-10H2,1-3H3,(H,14,15). The zero-order chi connectivity index (χ0) is 11.8. The number of pyridine rings is 1. The summed E-state index contributed by atoms with van der Waals surface area (Å²) in [7, 11) is 0. The third-order valence-corrected chi connectivity index (χ3v) is 2.06. The molecule has 0 saturated heterocycles. The maximum atomic E-state index is 5.55. The third-order valence-electron chi connectivity index (χ3n) is 2.06. The highest BCUT2D eigenvalue weighted by Crippen LogP contribution is 2.06. The molecule has 0 aliphatic rings. The van der Waals surface area contributed by atoms with E-state index in [9.17, 15) is 0 Å². The van der Waals surface area contributed by atoms with E-state index in [4.69, 9.17) is 4.74 Å².